The monoisotopic (exact) mass is 411 g/mol. The summed E-state index contributed by atoms with van der Waals surface area (Å²) in [7, 11) is 3.16. The maximum atomic E-state index is 12.6. The number of amides is 1. The molecule has 2 aromatic carbocycles. The molecule has 0 bridgehead atoms. The summed E-state index contributed by atoms with van der Waals surface area (Å²) < 4.78 is 16.3. The third kappa shape index (κ3) is 4.22. The van der Waals surface area contributed by atoms with Gasteiger partial charge >= 0.3 is 0 Å². The Morgan fingerprint density at radius 3 is 2.76 bits per heavy atom. The van der Waals surface area contributed by atoms with E-state index in [0.29, 0.717) is 34.7 Å². The highest BCUT2D eigenvalue weighted by molar-refractivity contribution is 7.99. The number of rotatable bonds is 6. The van der Waals surface area contributed by atoms with Gasteiger partial charge in [-0.3, -0.25) is 4.79 Å². The molecule has 2 heterocycles. The quantitative estimate of drug-likeness (QED) is 0.575. The number of carbonyl (C=O) groups excluding carboxylic acids is 1. The van der Waals surface area contributed by atoms with E-state index in [0.717, 1.165) is 13.0 Å². The molecule has 1 aliphatic heterocycles. The van der Waals surface area contributed by atoms with Crippen molar-refractivity contribution < 1.29 is 18.7 Å². The van der Waals surface area contributed by atoms with Crippen LogP contribution < -0.4 is 9.47 Å². The zero-order valence-corrected chi connectivity index (χ0v) is 17.1. The Kier molecular flexibility index (Phi) is 5.71. The van der Waals surface area contributed by atoms with E-state index in [2.05, 4.69) is 22.3 Å². The van der Waals surface area contributed by atoms with E-state index in [9.17, 15) is 4.79 Å². The molecule has 0 fully saturated rings. The van der Waals surface area contributed by atoms with E-state index in [4.69, 9.17) is 13.9 Å². The average molecular weight is 411 g/mol. The van der Waals surface area contributed by atoms with Crippen molar-refractivity contribution in [1.82, 2.24) is 15.1 Å². The molecule has 4 rings (SSSR count). The third-order valence-corrected chi connectivity index (χ3v) is 5.65. The maximum absolute atomic E-state index is 12.6. The van der Waals surface area contributed by atoms with Gasteiger partial charge in [0.25, 0.3) is 11.1 Å². The van der Waals surface area contributed by atoms with Crippen molar-refractivity contribution in [2.24, 2.45) is 0 Å². The number of aromatic nitrogens is 2. The van der Waals surface area contributed by atoms with Crippen LogP contribution in [0.15, 0.2) is 52.1 Å². The van der Waals surface area contributed by atoms with Gasteiger partial charge in [-0.1, -0.05) is 36.0 Å². The van der Waals surface area contributed by atoms with Crippen molar-refractivity contribution in [2.75, 3.05) is 26.5 Å². The molecule has 1 aliphatic rings. The predicted octanol–water partition coefficient (Wildman–Crippen LogP) is 3.43. The molecule has 0 saturated heterocycles. The molecule has 0 saturated carbocycles. The zero-order valence-electron chi connectivity index (χ0n) is 16.3. The van der Waals surface area contributed by atoms with E-state index >= 15 is 0 Å². The lowest BCUT2D eigenvalue weighted by Crippen LogP contribution is -2.37. The highest BCUT2D eigenvalue weighted by atomic mass is 32.2. The predicted molar refractivity (Wildman–Crippen MR) is 109 cm³/mol. The van der Waals surface area contributed by atoms with Crippen molar-refractivity contribution in [3.63, 3.8) is 0 Å². The van der Waals surface area contributed by atoms with Gasteiger partial charge < -0.3 is 18.8 Å². The van der Waals surface area contributed by atoms with Gasteiger partial charge in [0.05, 0.1) is 25.5 Å². The number of nitrogens with zero attached hydrogens (tertiary/aromatic N) is 3. The van der Waals surface area contributed by atoms with Crippen LogP contribution in [0.1, 0.15) is 11.1 Å². The second-order valence-corrected chi connectivity index (χ2v) is 7.49. The molecule has 1 amide bonds. The Morgan fingerprint density at radius 2 is 1.97 bits per heavy atom. The summed E-state index contributed by atoms with van der Waals surface area (Å²) in [6.45, 7) is 1.38. The molecule has 8 heteroatoms. The first-order valence-corrected chi connectivity index (χ1v) is 10.2. The Bertz CT molecular complexity index is 1020. The van der Waals surface area contributed by atoms with E-state index in [-0.39, 0.29) is 11.7 Å². The highest BCUT2D eigenvalue weighted by Gasteiger charge is 2.21. The Hall–Kier alpha value is -3.00. The van der Waals surface area contributed by atoms with Crippen LogP contribution >= 0.6 is 11.8 Å². The molecule has 0 atom stereocenters. The van der Waals surface area contributed by atoms with Gasteiger partial charge in [0, 0.05) is 19.2 Å². The van der Waals surface area contributed by atoms with Gasteiger partial charge in [0.15, 0.2) is 0 Å². The van der Waals surface area contributed by atoms with Gasteiger partial charge in [0.1, 0.15) is 11.5 Å². The SMILES string of the molecule is COc1ccc(-c2nnc(SCC(=O)N3CCc4ccccc4C3)o2)c(OC)c1. The topological polar surface area (TPSA) is 77.7 Å². The summed E-state index contributed by atoms with van der Waals surface area (Å²) in [5.41, 5.74) is 3.20. The van der Waals surface area contributed by atoms with E-state index < -0.39 is 0 Å². The summed E-state index contributed by atoms with van der Waals surface area (Å²) >= 11 is 1.24. The number of fused-ring (bicyclic) bond motifs is 1. The van der Waals surface area contributed by atoms with Crippen LogP contribution in [0.5, 0.6) is 11.5 Å². The second kappa shape index (κ2) is 8.57. The molecule has 29 heavy (non-hydrogen) atoms. The first-order valence-electron chi connectivity index (χ1n) is 9.21. The lowest BCUT2D eigenvalue weighted by Gasteiger charge is -2.28. The minimum absolute atomic E-state index is 0.0614. The Morgan fingerprint density at radius 1 is 1.14 bits per heavy atom. The summed E-state index contributed by atoms with van der Waals surface area (Å²) in [6, 6.07) is 13.6. The molecule has 3 aromatic rings. The largest absolute Gasteiger partial charge is 0.497 e. The van der Waals surface area contributed by atoms with Crippen LogP contribution in [-0.4, -0.2) is 47.5 Å². The van der Waals surface area contributed by atoms with Crippen molar-refractivity contribution in [3.05, 3.63) is 53.6 Å². The standard InChI is InChI=1S/C21H21N3O4S/c1-26-16-7-8-17(18(11-16)27-2)20-22-23-21(28-20)29-13-19(25)24-10-9-14-5-3-4-6-15(14)12-24/h3-8,11H,9-10,12-13H2,1-2H3. The van der Waals surface area contributed by atoms with Crippen LogP contribution in [0.4, 0.5) is 0 Å². The van der Waals surface area contributed by atoms with Crippen molar-refractivity contribution >= 4 is 17.7 Å². The van der Waals surface area contributed by atoms with Gasteiger partial charge in [-0.25, -0.2) is 0 Å². The van der Waals surface area contributed by atoms with Crippen molar-refractivity contribution in [1.29, 1.82) is 0 Å². The number of methoxy groups -OCH3 is 2. The van der Waals surface area contributed by atoms with Crippen molar-refractivity contribution in [2.45, 2.75) is 18.2 Å². The van der Waals surface area contributed by atoms with Crippen LogP contribution in [0.3, 0.4) is 0 Å². The summed E-state index contributed by atoms with van der Waals surface area (Å²) in [5.74, 6) is 1.91. The molecule has 1 aromatic heterocycles. The molecule has 7 nitrogen and oxygen atoms in total. The van der Waals surface area contributed by atoms with Crippen LogP contribution in [0.2, 0.25) is 0 Å². The molecule has 0 N–H and O–H groups in total. The van der Waals surface area contributed by atoms with E-state index in [1.54, 1.807) is 32.4 Å². The van der Waals surface area contributed by atoms with Gasteiger partial charge in [-0.15, -0.1) is 10.2 Å². The lowest BCUT2D eigenvalue weighted by molar-refractivity contribution is -0.129. The lowest BCUT2D eigenvalue weighted by atomic mass is 10.00. The molecular formula is C21H21N3O4S. The number of hydrogen-bond acceptors (Lipinski definition) is 7. The average Bonchev–Trinajstić information content (AvgIpc) is 3.25. The maximum Gasteiger partial charge on any atom is 0.277 e. The van der Waals surface area contributed by atoms with E-state index in [1.165, 1.54) is 22.9 Å². The molecule has 0 spiro atoms. The van der Waals surface area contributed by atoms with E-state index in [1.807, 2.05) is 17.0 Å². The minimum atomic E-state index is 0.0614. The minimum Gasteiger partial charge on any atom is -0.497 e. The number of thioether (sulfide) groups is 1. The summed E-state index contributed by atoms with van der Waals surface area (Å²) in [6.07, 6.45) is 0.883. The fraction of sp³-hybridized carbons (Fsp3) is 0.286. The van der Waals surface area contributed by atoms with Crippen molar-refractivity contribution in [3.8, 4) is 23.0 Å². The summed E-state index contributed by atoms with van der Waals surface area (Å²) in [4.78, 5) is 14.5. The number of hydrogen-bond donors (Lipinski definition) is 0. The van der Waals surface area contributed by atoms with Gasteiger partial charge in [-0.05, 0) is 29.7 Å². The molecular weight excluding hydrogens is 390 g/mol. The van der Waals surface area contributed by atoms with Gasteiger partial charge in [-0.2, -0.15) is 0 Å². The molecule has 0 aliphatic carbocycles. The zero-order chi connectivity index (χ0) is 20.2. The van der Waals surface area contributed by atoms with Crippen LogP contribution in [0, 0.1) is 0 Å². The second-order valence-electron chi connectivity index (χ2n) is 6.56. The highest BCUT2D eigenvalue weighted by Crippen LogP contribution is 2.33. The van der Waals surface area contributed by atoms with Crippen LogP contribution in [0.25, 0.3) is 11.5 Å². The molecule has 150 valence electrons. The Labute approximate surface area is 173 Å². The molecule has 0 radical (unpaired) electrons. The number of carbonyl (C=O) groups is 1. The van der Waals surface area contributed by atoms with Crippen LogP contribution in [-0.2, 0) is 17.8 Å². The molecule has 0 unspecified atom stereocenters. The van der Waals surface area contributed by atoms with Gasteiger partial charge in [0.2, 0.25) is 5.91 Å². The Balaban J connectivity index is 1.39. The number of ether oxygens (including phenoxy) is 2. The first-order chi connectivity index (χ1) is 14.2. The smallest absolute Gasteiger partial charge is 0.277 e. The fourth-order valence-electron chi connectivity index (χ4n) is 3.28. The number of benzene rings is 2. The first kappa shape index (κ1) is 19.3. The third-order valence-electron chi connectivity index (χ3n) is 4.85. The summed E-state index contributed by atoms with van der Waals surface area (Å²) in [5, 5.41) is 8.49. The fourth-order valence-corrected chi connectivity index (χ4v) is 3.94. The normalized spacial score (nSPS) is 13.1.